The molecule has 4 heteroatoms. The van der Waals surface area contributed by atoms with Crippen molar-refractivity contribution >= 4 is 5.82 Å². The second-order valence-corrected chi connectivity index (χ2v) is 4.90. The van der Waals surface area contributed by atoms with Gasteiger partial charge in [-0.2, -0.15) is 5.26 Å². The normalized spacial score (nSPS) is 10.2. The number of aryl methyl sites for hydroxylation is 1. The van der Waals surface area contributed by atoms with E-state index in [1.54, 1.807) is 7.11 Å². The van der Waals surface area contributed by atoms with Crippen LogP contribution >= 0.6 is 0 Å². The number of hydrogen-bond donors (Lipinski definition) is 1. The molecule has 0 bridgehead atoms. The van der Waals surface area contributed by atoms with E-state index in [1.807, 2.05) is 31.2 Å². The number of aromatic nitrogens is 1. The molecule has 1 aromatic carbocycles. The van der Waals surface area contributed by atoms with E-state index < -0.39 is 0 Å². The second-order valence-electron chi connectivity index (χ2n) is 4.90. The molecule has 0 amide bonds. The Balaban J connectivity index is 2.71. The lowest BCUT2D eigenvalue weighted by molar-refractivity contribution is 0.415. The molecule has 108 valence electrons. The zero-order valence-electron chi connectivity index (χ0n) is 12.6. The van der Waals surface area contributed by atoms with Crippen LogP contribution in [0.25, 0.3) is 11.1 Å². The lowest BCUT2D eigenvalue weighted by Gasteiger charge is -2.15. The van der Waals surface area contributed by atoms with Crippen molar-refractivity contribution in [2.75, 3.05) is 12.8 Å². The molecule has 0 saturated heterocycles. The highest BCUT2D eigenvalue weighted by atomic mass is 16.5. The summed E-state index contributed by atoms with van der Waals surface area (Å²) in [5.74, 6) is 1.08. The Hall–Kier alpha value is -2.54. The molecule has 2 rings (SSSR count). The van der Waals surface area contributed by atoms with Gasteiger partial charge in [0.15, 0.2) is 0 Å². The SMILES string of the molecule is CCCc1c(C)nc(N)c(C#N)c1-c1ccc(OC)cc1. The first kappa shape index (κ1) is 14.9. The van der Waals surface area contributed by atoms with Gasteiger partial charge in [0.1, 0.15) is 23.2 Å². The number of pyridine rings is 1. The van der Waals surface area contributed by atoms with Gasteiger partial charge in [0.2, 0.25) is 0 Å². The Morgan fingerprint density at radius 2 is 1.95 bits per heavy atom. The molecule has 0 aliphatic carbocycles. The number of methoxy groups -OCH3 is 1. The summed E-state index contributed by atoms with van der Waals surface area (Å²) in [6.07, 6.45) is 1.86. The molecule has 0 aliphatic rings. The van der Waals surface area contributed by atoms with Crippen LogP contribution in [-0.2, 0) is 6.42 Å². The second kappa shape index (κ2) is 6.27. The van der Waals surface area contributed by atoms with Crippen molar-refractivity contribution in [2.24, 2.45) is 0 Å². The van der Waals surface area contributed by atoms with Crippen LogP contribution in [0.1, 0.15) is 30.2 Å². The largest absolute Gasteiger partial charge is 0.497 e. The minimum Gasteiger partial charge on any atom is -0.497 e. The number of nitrogens with two attached hydrogens (primary N) is 1. The summed E-state index contributed by atoms with van der Waals surface area (Å²) in [6, 6.07) is 9.88. The van der Waals surface area contributed by atoms with E-state index >= 15 is 0 Å². The van der Waals surface area contributed by atoms with Crippen molar-refractivity contribution < 1.29 is 4.74 Å². The standard InChI is InChI=1S/C17H19N3O/c1-4-5-14-11(2)20-17(19)15(10-18)16(14)12-6-8-13(21-3)9-7-12/h6-9H,4-5H2,1-3H3,(H2,19,20). The number of hydrogen-bond acceptors (Lipinski definition) is 4. The van der Waals surface area contributed by atoms with Crippen molar-refractivity contribution in [3.8, 4) is 22.9 Å². The third kappa shape index (κ3) is 2.82. The molecule has 0 fully saturated rings. The molecule has 0 radical (unpaired) electrons. The predicted molar refractivity (Wildman–Crippen MR) is 84.1 cm³/mol. The molecule has 0 unspecified atom stereocenters. The van der Waals surface area contributed by atoms with Crippen molar-refractivity contribution in [1.29, 1.82) is 5.26 Å². The highest BCUT2D eigenvalue weighted by molar-refractivity contribution is 5.79. The fourth-order valence-electron chi connectivity index (χ4n) is 2.51. The average molecular weight is 281 g/mol. The lowest BCUT2D eigenvalue weighted by atomic mass is 9.92. The third-order valence-electron chi connectivity index (χ3n) is 3.52. The summed E-state index contributed by atoms with van der Waals surface area (Å²) in [4.78, 5) is 4.31. The smallest absolute Gasteiger partial charge is 0.142 e. The number of nitrogen functional groups attached to an aromatic ring is 1. The lowest BCUT2D eigenvalue weighted by Crippen LogP contribution is -2.05. The van der Waals surface area contributed by atoms with Gasteiger partial charge in [-0.25, -0.2) is 4.98 Å². The fraction of sp³-hybridized carbons (Fsp3) is 0.294. The summed E-state index contributed by atoms with van der Waals surface area (Å²) in [7, 11) is 1.63. The fourth-order valence-corrected chi connectivity index (χ4v) is 2.51. The highest BCUT2D eigenvalue weighted by Gasteiger charge is 2.17. The van der Waals surface area contributed by atoms with E-state index in [0.717, 1.165) is 41.0 Å². The number of rotatable bonds is 4. The van der Waals surface area contributed by atoms with Gasteiger partial charge < -0.3 is 10.5 Å². The number of ether oxygens (including phenoxy) is 1. The Bertz CT molecular complexity index is 685. The molecule has 1 aromatic heterocycles. The van der Waals surface area contributed by atoms with Gasteiger partial charge in [-0.1, -0.05) is 25.5 Å². The molecule has 0 atom stereocenters. The minimum atomic E-state index is 0.292. The molecule has 0 aliphatic heterocycles. The zero-order chi connectivity index (χ0) is 15.4. The summed E-state index contributed by atoms with van der Waals surface area (Å²) < 4.78 is 5.18. The van der Waals surface area contributed by atoms with E-state index in [-0.39, 0.29) is 0 Å². The van der Waals surface area contributed by atoms with Crippen LogP contribution in [0.5, 0.6) is 5.75 Å². The summed E-state index contributed by atoms with van der Waals surface area (Å²) in [5.41, 5.74) is 10.2. The molecule has 2 aromatic rings. The van der Waals surface area contributed by atoms with Gasteiger partial charge in [-0.15, -0.1) is 0 Å². The first-order valence-electron chi connectivity index (χ1n) is 6.95. The van der Waals surface area contributed by atoms with Crippen molar-refractivity contribution in [3.05, 3.63) is 41.1 Å². The predicted octanol–water partition coefficient (Wildman–Crippen LogP) is 3.47. The molecule has 21 heavy (non-hydrogen) atoms. The maximum Gasteiger partial charge on any atom is 0.142 e. The molecule has 0 spiro atoms. The maximum absolute atomic E-state index is 9.45. The number of benzene rings is 1. The Kier molecular flexibility index (Phi) is 4.44. The summed E-state index contributed by atoms with van der Waals surface area (Å²) in [5, 5.41) is 9.45. The molecular formula is C17H19N3O. The number of anilines is 1. The summed E-state index contributed by atoms with van der Waals surface area (Å²) >= 11 is 0. The van der Waals surface area contributed by atoms with Gasteiger partial charge in [0, 0.05) is 11.3 Å². The van der Waals surface area contributed by atoms with E-state index in [0.29, 0.717) is 11.4 Å². The van der Waals surface area contributed by atoms with Crippen LogP contribution in [0.4, 0.5) is 5.82 Å². The summed E-state index contributed by atoms with van der Waals surface area (Å²) in [6.45, 7) is 4.05. The van der Waals surface area contributed by atoms with E-state index in [4.69, 9.17) is 10.5 Å². The van der Waals surface area contributed by atoms with Crippen LogP contribution in [0.3, 0.4) is 0 Å². The van der Waals surface area contributed by atoms with Gasteiger partial charge in [0.25, 0.3) is 0 Å². The first-order valence-corrected chi connectivity index (χ1v) is 6.95. The minimum absolute atomic E-state index is 0.292. The van der Waals surface area contributed by atoms with Crippen molar-refractivity contribution in [2.45, 2.75) is 26.7 Å². The number of nitrogens with zero attached hydrogens (tertiary/aromatic N) is 2. The van der Waals surface area contributed by atoms with Crippen LogP contribution in [-0.4, -0.2) is 12.1 Å². The van der Waals surface area contributed by atoms with Crippen molar-refractivity contribution in [1.82, 2.24) is 4.98 Å². The van der Waals surface area contributed by atoms with E-state index in [1.165, 1.54) is 0 Å². The van der Waals surface area contributed by atoms with E-state index in [9.17, 15) is 5.26 Å². The van der Waals surface area contributed by atoms with E-state index in [2.05, 4.69) is 18.0 Å². The third-order valence-corrected chi connectivity index (χ3v) is 3.52. The van der Waals surface area contributed by atoms with Crippen molar-refractivity contribution in [3.63, 3.8) is 0 Å². The van der Waals surface area contributed by atoms with Gasteiger partial charge in [0.05, 0.1) is 7.11 Å². The quantitative estimate of drug-likeness (QED) is 0.931. The van der Waals surface area contributed by atoms with Crippen LogP contribution in [0.15, 0.2) is 24.3 Å². The molecule has 2 N–H and O–H groups in total. The topological polar surface area (TPSA) is 71.9 Å². The molecule has 4 nitrogen and oxygen atoms in total. The molecule has 0 saturated carbocycles. The van der Waals surface area contributed by atoms with Crippen LogP contribution < -0.4 is 10.5 Å². The van der Waals surface area contributed by atoms with Gasteiger partial charge in [-0.3, -0.25) is 0 Å². The monoisotopic (exact) mass is 281 g/mol. The first-order chi connectivity index (χ1) is 10.1. The van der Waals surface area contributed by atoms with Gasteiger partial charge >= 0.3 is 0 Å². The van der Waals surface area contributed by atoms with Gasteiger partial charge in [-0.05, 0) is 36.6 Å². The Labute approximate surface area is 125 Å². The molecule has 1 heterocycles. The number of nitriles is 1. The van der Waals surface area contributed by atoms with Crippen LogP contribution in [0, 0.1) is 18.3 Å². The maximum atomic E-state index is 9.45. The average Bonchev–Trinajstić information content (AvgIpc) is 2.50. The zero-order valence-corrected chi connectivity index (χ0v) is 12.6. The Morgan fingerprint density at radius 1 is 1.29 bits per heavy atom. The molecular weight excluding hydrogens is 262 g/mol. The highest BCUT2D eigenvalue weighted by Crippen LogP contribution is 2.33. The Morgan fingerprint density at radius 3 is 2.48 bits per heavy atom. The van der Waals surface area contributed by atoms with Crippen LogP contribution in [0.2, 0.25) is 0 Å².